The molecule has 1 aromatic rings. The second-order valence-corrected chi connectivity index (χ2v) is 11.2. The van der Waals surface area contributed by atoms with Gasteiger partial charge in [-0.3, -0.25) is 9.59 Å². The molecule has 1 aliphatic heterocycles. The van der Waals surface area contributed by atoms with Crippen LogP contribution in [-0.4, -0.2) is 61.4 Å². The number of nitrogens with one attached hydrogen (secondary N) is 3. The Morgan fingerprint density at radius 2 is 2.13 bits per heavy atom. The third-order valence-corrected chi connectivity index (χ3v) is 7.77. The van der Waals surface area contributed by atoms with E-state index in [9.17, 15) is 31.9 Å². The molecule has 0 aromatic heterocycles. The van der Waals surface area contributed by atoms with Gasteiger partial charge in [-0.1, -0.05) is 6.07 Å². The highest BCUT2D eigenvalue weighted by Gasteiger charge is 2.45. The van der Waals surface area contributed by atoms with Crippen LogP contribution in [0.25, 0.3) is 0 Å². The normalized spacial score (nSPS) is 20.3. The molecule has 3 N–H and O–H groups in total. The molecular weight excluding hydrogens is 646 g/mol. The third kappa shape index (κ3) is 9.37. The molecule has 0 radical (unpaired) electrons. The number of benzene rings is 1. The number of alkyl halides is 3. The van der Waals surface area contributed by atoms with Gasteiger partial charge in [0.15, 0.2) is 0 Å². The molecule has 1 saturated carbocycles. The van der Waals surface area contributed by atoms with Gasteiger partial charge in [0.05, 0.1) is 13.1 Å². The zero-order valence-corrected chi connectivity index (χ0v) is 23.6. The molecule has 1 heterocycles. The molecule has 3 atom stereocenters. The van der Waals surface area contributed by atoms with Gasteiger partial charge in [-0.25, -0.2) is 9.18 Å². The van der Waals surface area contributed by atoms with Crippen LogP contribution in [0.5, 0.6) is 5.75 Å². The molecule has 212 valence electrons. The Balaban J connectivity index is 1.73. The lowest BCUT2D eigenvalue weighted by atomic mass is 9.79. The summed E-state index contributed by atoms with van der Waals surface area (Å²) in [6.07, 6.45) is -0.824. The summed E-state index contributed by atoms with van der Waals surface area (Å²) in [6.45, 7) is 1.21. The summed E-state index contributed by atoms with van der Waals surface area (Å²) < 4.78 is 60.9. The van der Waals surface area contributed by atoms with Crippen molar-refractivity contribution in [2.24, 2.45) is 5.41 Å². The molecule has 1 aliphatic carbocycles. The Labute approximate surface area is 232 Å². The van der Waals surface area contributed by atoms with E-state index in [1.165, 1.54) is 0 Å². The topological polar surface area (TPSA) is 109 Å². The fourth-order valence-electron chi connectivity index (χ4n) is 4.73. The lowest BCUT2D eigenvalue weighted by molar-refractivity contribution is -0.274. The van der Waals surface area contributed by atoms with Gasteiger partial charge in [0.25, 0.3) is 0 Å². The molecule has 3 unspecified atom stereocenters. The predicted molar refractivity (Wildman–Crippen MR) is 140 cm³/mol. The largest absolute Gasteiger partial charge is 0.573 e. The van der Waals surface area contributed by atoms with Crippen LogP contribution in [0.3, 0.4) is 0 Å². The van der Waals surface area contributed by atoms with Crippen molar-refractivity contribution in [2.75, 3.05) is 19.7 Å². The van der Waals surface area contributed by atoms with Crippen LogP contribution in [0.2, 0.25) is 0 Å². The maximum absolute atomic E-state index is 14.4. The standard InChI is InChI=1S/C23H30F4IN4O5P/c24-19-8-18(37-23(25,26)27)6-3-15(19)11-30-21(35)32(16-4-5-16)17(2-1-7-36-38-28)9-22(12-29-14-33)10-20(34)31-13-22/h3,6,8,14,16-17,38H,1-2,4-5,7,9-13H2,(H,29,33)(H,30,35)(H,31,34). The highest BCUT2D eigenvalue weighted by atomic mass is 127. The molecule has 15 heteroatoms. The van der Waals surface area contributed by atoms with Gasteiger partial charge in [0.2, 0.25) is 12.3 Å². The number of hydrogen-bond donors (Lipinski definition) is 3. The van der Waals surface area contributed by atoms with Gasteiger partial charge in [-0.05, 0) is 60.2 Å². The van der Waals surface area contributed by atoms with Gasteiger partial charge in [-0.15, -0.1) is 13.2 Å². The van der Waals surface area contributed by atoms with E-state index in [-0.39, 0.29) is 43.1 Å². The van der Waals surface area contributed by atoms with E-state index < -0.39 is 29.4 Å². The summed E-state index contributed by atoms with van der Waals surface area (Å²) in [5.41, 5.74) is -0.559. The molecule has 1 saturated heterocycles. The average Bonchev–Trinajstić information content (AvgIpc) is 3.61. The second kappa shape index (κ2) is 13.9. The van der Waals surface area contributed by atoms with Crippen molar-refractivity contribution >= 4 is 46.8 Å². The van der Waals surface area contributed by atoms with Gasteiger partial charge in [-0.2, -0.15) is 0 Å². The van der Waals surface area contributed by atoms with E-state index in [1.54, 1.807) is 4.90 Å². The van der Waals surface area contributed by atoms with Gasteiger partial charge >= 0.3 is 12.4 Å². The van der Waals surface area contributed by atoms with Crippen LogP contribution < -0.4 is 20.7 Å². The summed E-state index contributed by atoms with van der Waals surface area (Å²) in [7, 11) is 0. The van der Waals surface area contributed by atoms with Crippen LogP contribution in [0.4, 0.5) is 22.4 Å². The molecule has 0 spiro atoms. The van der Waals surface area contributed by atoms with Gasteiger partial charge < -0.3 is 30.1 Å². The summed E-state index contributed by atoms with van der Waals surface area (Å²) in [6, 6.07) is 2.01. The molecule has 2 fully saturated rings. The number of hydrogen-bond acceptors (Lipinski definition) is 5. The van der Waals surface area contributed by atoms with Gasteiger partial charge in [0.1, 0.15) is 11.6 Å². The Morgan fingerprint density at radius 1 is 1.37 bits per heavy atom. The first-order valence-corrected chi connectivity index (χ1v) is 16.1. The molecule has 2 aliphatic rings. The molecule has 0 bridgehead atoms. The monoisotopic (exact) mass is 676 g/mol. The smallest absolute Gasteiger partial charge is 0.406 e. The maximum Gasteiger partial charge on any atom is 0.573 e. The SMILES string of the molecule is O=CNCC1(CC(CCCOPI)N(C(=O)NCc2ccc(OC(F)(F)F)cc2F)C2CC2)CNC(=O)C1. The van der Waals surface area contributed by atoms with E-state index >= 15 is 0 Å². The Bertz CT molecular complexity index is 988. The number of rotatable bonds is 15. The van der Waals surface area contributed by atoms with Crippen molar-refractivity contribution in [1.82, 2.24) is 20.9 Å². The number of amides is 4. The van der Waals surface area contributed by atoms with Crippen molar-refractivity contribution < 1.29 is 41.2 Å². The Morgan fingerprint density at radius 3 is 2.71 bits per heavy atom. The fraction of sp³-hybridized carbons (Fsp3) is 0.609. The van der Waals surface area contributed by atoms with E-state index in [0.717, 1.165) is 25.0 Å². The van der Waals surface area contributed by atoms with Crippen LogP contribution in [0.15, 0.2) is 18.2 Å². The second-order valence-electron chi connectivity index (χ2n) is 9.48. The van der Waals surface area contributed by atoms with E-state index in [1.807, 2.05) is 0 Å². The molecular formula is C23H30F4IN4O5P. The van der Waals surface area contributed by atoms with Crippen molar-refractivity contribution in [3.8, 4) is 5.75 Å². The summed E-state index contributed by atoms with van der Waals surface area (Å²) in [5.74, 6) is -1.75. The highest BCUT2D eigenvalue weighted by molar-refractivity contribution is 14.2. The first-order valence-electron chi connectivity index (χ1n) is 12.1. The van der Waals surface area contributed by atoms with Crippen LogP contribution >= 0.6 is 28.5 Å². The van der Waals surface area contributed by atoms with E-state index in [4.69, 9.17) is 4.52 Å². The number of nitrogens with zero attached hydrogens (tertiary/aromatic N) is 1. The minimum atomic E-state index is -4.94. The first-order chi connectivity index (χ1) is 18.1. The molecule has 4 amide bonds. The molecule has 1 aromatic carbocycles. The summed E-state index contributed by atoms with van der Waals surface area (Å²) >= 11 is 2.13. The van der Waals surface area contributed by atoms with Crippen LogP contribution in [0.1, 0.15) is 44.1 Å². The Kier molecular flexibility index (Phi) is 11.2. The zero-order chi connectivity index (χ0) is 27.8. The average molecular weight is 676 g/mol. The lowest BCUT2D eigenvalue weighted by Gasteiger charge is -2.38. The Hall–Kier alpha value is -1.93. The zero-order valence-electron chi connectivity index (χ0n) is 20.4. The number of carbonyl (C=O) groups is 3. The number of ether oxygens (including phenoxy) is 1. The quantitative estimate of drug-likeness (QED) is 0.0852. The number of halogens is 5. The van der Waals surface area contributed by atoms with Crippen LogP contribution in [0, 0.1) is 11.2 Å². The van der Waals surface area contributed by atoms with E-state index in [0.29, 0.717) is 51.3 Å². The predicted octanol–water partition coefficient (Wildman–Crippen LogP) is 4.15. The van der Waals surface area contributed by atoms with Crippen molar-refractivity contribution in [3.63, 3.8) is 0 Å². The van der Waals surface area contributed by atoms with Crippen LogP contribution in [-0.2, 0) is 20.7 Å². The van der Waals surface area contributed by atoms with Crippen molar-refractivity contribution in [2.45, 2.75) is 63.5 Å². The minimum absolute atomic E-state index is 0.00820. The summed E-state index contributed by atoms with van der Waals surface area (Å²) in [4.78, 5) is 38.2. The van der Waals surface area contributed by atoms with Gasteiger partial charge in [0, 0.05) is 55.2 Å². The molecule has 38 heavy (non-hydrogen) atoms. The fourth-order valence-corrected chi connectivity index (χ4v) is 5.62. The number of urea groups is 1. The maximum atomic E-state index is 14.4. The summed E-state index contributed by atoms with van der Waals surface area (Å²) in [5, 5.41) is 8.20. The lowest BCUT2D eigenvalue weighted by Crippen LogP contribution is -2.51. The minimum Gasteiger partial charge on any atom is -0.406 e. The highest BCUT2D eigenvalue weighted by Crippen LogP contribution is 2.38. The first kappa shape index (κ1) is 30.6. The third-order valence-electron chi connectivity index (χ3n) is 6.52. The van der Waals surface area contributed by atoms with Crippen molar-refractivity contribution in [1.29, 1.82) is 0 Å². The van der Waals surface area contributed by atoms with E-state index in [2.05, 4.69) is 42.7 Å². The molecule has 9 nitrogen and oxygen atoms in total. The number of carbonyl (C=O) groups excluding carboxylic acids is 3. The van der Waals surface area contributed by atoms with Crippen molar-refractivity contribution in [3.05, 3.63) is 29.6 Å². The molecule has 3 rings (SSSR count).